The van der Waals surface area contributed by atoms with Gasteiger partial charge in [0.05, 0.1) is 0 Å². The third-order valence-corrected chi connectivity index (χ3v) is 6.53. The van der Waals surface area contributed by atoms with E-state index in [4.69, 9.17) is 23.2 Å². The molecule has 1 amide bonds. The highest BCUT2D eigenvalue weighted by Gasteiger charge is 2.07. The lowest BCUT2D eigenvalue weighted by Gasteiger charge is -2.08. The van der Waals surface area contributed by atoms with E-state index < -0.39 is 0 Å². The second-order valence-electron chi connectivity index (χ2n) is 8.50. The SMILES string of the molecule is CCCCCCCCCCCCNC(=O)c1ccc([CH]CCc2c(Cl)cccc2Cl)cc1. The van der Waals surface area contributed by atoms with Crippen LogP contribution >= 0.6 is 23.2 Å². The molecule has 1 N–H and O–H groups in total. The highest BCUT2D eigenvalue weighted by molar-refractivity contribution is 6.35. The van der Waals surface area contributed by atoms with Gasteiger partial charge in [-0.1, -0.05) is 106 Å². The summed E-state index contributed by atoms with van der Waals surface area (Å²) in [5.41, 5.74) is 2.79. The van der Waals surface area contributed by atoms with E-state index >= 15 is 0 Å². The smallest absolute Gasteiger partial charge is 0.251 e. The van der Waals surface area contributed by atoms with Crippen LogP contribution in [-0.2, 0) is 6.42 Å². The predicted molar refractivity (Wildman–Crippen MR) is 139 cm³/mol. The van der Waals surface area contributed by atoms with Gasteiger partial charge in [0.25, 0.3) is 5.91 Å². The number of halogens is 2. The molecule has 0 unspecified atom stereocenters. The third kappa shape index (κ3) is 10.4. The highest BCUT2D eigenvalue weighted by Crippen LogP contribution is 2.26. The van der Waals surface area contributed by atoms with Gasteiger partial charge >= 0.3 is 0 Å². The van der Waals surface area contributed by atoms with E-state index in [1.807, 2.05) is 42.5 Å². The van der Waals surface area contributed by atoms with E-state index in [1.165, 1.54) is 57.8 Å². The minimum Gasteiger partial charge on any atom is -0.352 e. The molecule has 0 atom stereocenters. The van der Waals surface area contributed by atoms with Crippen LogP contribution in [0.25, 0.3) is 0 Å². The number of hydrogen-bond donors (Lipinski definition) is 1. The van der Waals surface area contributed by atoms with Crippen LogP contribution in [0.5, 0.6) is 0 Å². The van der Waals surface area contributed by atoms with Crippen molar-refractivity contribution in [3.63, 3.8) is 0 Å². The summed E-state index contributed by atoms with van der Waals surface area (Å²) in [5.74, 6) is 0.00956. The van der Waals surface area contributed by atoms with Gasteiger partial charge in [0.15, 0.2) is 0 Å². The van der Waals surface area contributed by atoms with Crippen molar-refractivity contribution in [3.8, 4) is 0 Å². The Bertz CT molecular complexity index is 768. The van der Waals surface area contributed by atoms with Gasteiger partial charge in [-0.2, -0.15) is 0 Å². The largest absolute Gasteiger partial charge is 0.352 e. The molecule has 0 bridgehead atoms. The third-order valence-electron chi connectivity index (χ3n) is 5.82. The standard InChI is InChI=1S/C28H38Cl2NO/c1-2-3-4-5-6-7-8-9-10-11-22-31-28(32)24-20-18-23(19-21-24)14-12-15-25-26(29)16-13-17-27(25)30/h13-14,16-21H,2-12,15,22H2,1H3,(H,31,32). The molecule has 1 radical (unpaired) electrons. The summed E-state index contributed by atoms with van der Waals surface area (Å²) in [7, 11) is 0. The van der Waals surface area contributed by atoms with Gasteiger partial charge in [0.1, 0.15) is 0 Å². The van der Waals surface area contributed by atoms with E-state index in [9.17, 15) is 4.79 Å². The molecule has 2 rings (SSSR count). The molecule has 0 saturated carbocycles. The fourth-order valence-electron chi connectivity index (χ4n) is 3.84. The van der Waals surface area contributed by atoms with Gasteiger partial charge in [0, 0.05) is 22.2 Å². The Balaban J connectivity index is 1.57. The number of rotatable bonds is 16. The second-order valence-corrected chi connectivity index (χ2v) is 9.32. The summed E-state index contributed by atoms with van der Waals surface area (Å²) in [5, 5.41) is 4.46. The van der Waals surface area contributed by atoms with Crippen molar-refractivity contribution in [2.24, 2.45) is 0 Å². The Morgan fingerprint density at radius 1 is 0.812 bits per heavy atom. The monoisotopic (exact) mass is 474 g/mol. The number of unbranched alkanes of at least 4 members (excludes halogenated alkanes) is 9. The summed E-state index contributed by atoms with van der Waals surface area (Å²) in [6, 6.07) is 13.4. The Labute approximate surface area is 205 Å². The van der Waals surface area contributed by atoms with Crippen LogP contribution in [0.15, 0.2) is 42.5 Å². The topological polar surface area (TPSA) is 29.1 Å². The maximum atomic E-state index is 12.3. The molecule has 0 aromatic heterocycles. The minimum absolute atomic E-state index is 0.00956. The molecule has 0 heterocycles. The quantitative estimate of drug-likeness (QED) is 0.241. The Hall–Kier alpha value is -1.51. The van der Waals surface area contributed by atoms with Gasteiger partial charge in [-0.15, -0.1) is 0 Å². The molecular weight excluding hydrogens is 437 g/mol. The van der Waals surface area contributed by atoms with Gasteiger partial charge < -0.3 is 5.32 Å². The number of nitrogens with one attached hydrogen (secondary N) is 1. The average molecular weight is 476 g/mol. The van der Waals surface area contributed by atoms with Gasteiger partial charge in [0.2, 0.25) is 0 Å². The molecular formula is C28H38Cl2NO. The summed E-state index contributed by atoms with van der Waals surface area (Å²) >= 11 is 12.5. The van der Waals surface area contributed by atoms with E-state index in [-0.39, 0.29) is 5.91 Å². The van der Waals surface area contributed by atoms with Crippen LogP contribution in [0, 0.1) is 6.42 Å². The van der Waals surface area contributed by atoms with Crippen molar-refractivity contribution in [1.29, 1.82) is 0 Å². The Morgan fingerprint density at radius 3 is 1.97 bits per heavy atom. The molecule has 2 aromatic rings. The van der Waals surface area contributed by atoms with Crippen molar-refractivity contribution in [2.45, 2.75) is 84.0 Å². The van der Waals surface area contributed by atoms with Crippen molar-refractivity contribution in [3.05, 3.63) is 75.6 Å². The maximum Gasteiger partial charge on any atom is 0.251 e. The molecule has 4 heteroatoms. The normalized spacial score (nSPS) is 11.0. The fraction of sp³-hybridized carbons (Fsp3) is 0.500. The number of carbonyl (C=O) groups excluding carboxylic acids is 1. The molecule has 175 valence electrons. The van der Waals surface area contributed by atoms with E-state index in [0.29, 0.717) is 15.6 Å². The van der Waals surface area contributed by atoms with Gasteiger partial charge in [-0.05, 0) is 61.1 Å². The molecule has 0 fully saturated rings. The number of amides is 1. The van der Waals surface area contributed by atoms with Crippen LogP contribution in [0.2, 0.25) is 10.0 Å². The lowest BCUT2D eigenvalue weighted by atomic mass is 10.0. The van der Waals surface area contributed by atoms with Gasteiger partial charge in [-0.25, -0.2) is 0 Å². The number of carbonyl (C=O) groups is 1. The van der Waals surface area contributed by atoms with E-state index in [0.717, 1.165) is 36.9 Å². The molecule has 0 aliphatic heterocycles. The molecule has 2 aromatic carbocycles. The van der Waals surface area contributed by atoms with Crippen molar-refractivity contribution >= 4 is 29.1 Å². The average Bonchev–Trinajstić information content (AvgIpc) is 2.79. The first kappa shape index (κ1) is 26.7. The van der Waals surface area contributed by atoms with Crippen molar-refractivity contribution in [1.82, 2.24) is 5.32 Å². The number of hydrogen-bond acceptors (Lipinski definition) is 1. The Kier molecular flexibility index (Phi) is 13.5. The zero-order chi connectivity index (χ0) is 23.0. The lowest BCUT2D eigenvalue weighted by Crippen LogP contribution is -2.24. The molecule has 0 spiro atoms. The first-order valence-electron chi connectivity index (χ1n) is 12.3. The van der Waals surface area contributed by atoms with Crippen LogP contribution < -0.4 is 5.32 Å². The van der Waals surface area contributed by atoms with E-state index in [2.05, 4.69) is 18.7 Å². The number of benzene rings is 2. The zero-order valence-electron chi connectivity index (χ0n) is 19.5. The van der Waals surface area contributed by atoms with Crippen LogP contribution in [0.4, 0.5) is 0 Å². The summed E-state index contributed by atoms with van der Waals surface area (Å²) < 4.78 is 0. The Morgan fingerprint density at radius 2 is 1.38 bits per heavy atom. The zero-order valence-corrected chi connectivity index (χ0v) is 21.0. The second kappa shape index (κ2) is 16.2. The molecule has 0 saturated heterocycles. The molecule has 2 nitrogen and oxygen atoms in total. The van der Waals surface area contributed by atoms with Crippen molar-refractivity contribution < 1.29 is 4.79 Å². The van der Waals surface area contributed by atoms with E-state index in [1.54, 1.807) is 0 Å². The molecule has 0 aliphatic rings. The highest BCUT2D eigenvalue weighted by atomic mass is 35.5. The fourth-order valence-corrected chi connectivity index (χ4v) is 4.43. The predicted octanol–water partition coefficient (Wildman–Crippen LogP) is 8.83. The molecule has 0 aliphatic carbocycles. The van der Waals surface area contributed by atoms with Gasteiger partial charge in [-0.3, -0.25) is 4.79 Å². The first-order chi connectivity index (χ1) is 15.6. The lowest BCUT2D eigenvalue weighted by molar-refractivity contribution is 0.0953. The molecule has 32 heavy (non-hydrogen) atoms. The van der Waals surface area contributed by atoms with Crippen LogP contribution in [0.1, 0.15) is 99.0 Å². The summed E-state index contributed by atoms with van der Waals surface area (Å²) in [6.45, 7) is 3.01. The summed E-state index contributed by atoms with van der Waals surface area (Å²) in [6.07, 6.45) is 16.8. The van der Waals surface area contributed by atoms with Crippen LogP contribution in [-0.4, -0.2) is 12.5 Å². The first-order valence-corrected chi connectivity index (χ1v) is 13.0. The van der Waals surface area contributed by atoms with Crippen LogP contribution in [0.3, 0.4) is 0 Å². The summed E-state index contributed by atoms with van der Waals surface area (Å²) in [4.78, 5) is 12.3. The maximum absolute atomic E-state index is 12.3. The minimum atomic E-state index is 0.00956. The van der Waals surface area contributed by atoms with Crippen molar-refractivity contribution in [2.75, 3.05) is 6.54 Å².